The molecular weight excluding hydrogens is 458 g/mol. The Balaban J connectivity index is 1.74. The van der Waals surface area contributed by atoms with E-state index in [9.17, 15) is 24.5 Å². The minimum Gasteiger partial charge on any atom is -0.463 e. The number of esters is 1. The first kappa shape index (κ1) is 23.4. The number of benzene rings is 2. The molecule has 0 spiro atoms. The van der Waals surface area contributed by atoms with E-state index in [0.717, 1.165) is 5.01 Å². The van der Waals surface area contributed by atoms with Crippen LogP contribution in [-0.2, 0) is 9.53 Å². The third-order valence-corrected chi connectivity index (χ3v) is 5.34. The number of amides is 3. The number of oxazole rings is 1. The Kier molecular flexibility index (Phi) is 6.19. The fourth-order valence-electron chi connectivity index (χ4n) is 3.78. The van der Waals surface area contributed by atoms with Crippen LogP contribution in [-0.4, -0.2) is 39.4 Å². The molecule has 2 aromatic carbocycles. The zero-order valence-corrected chi connectivity index (χ0v) is 19.0. The standard InChI is InChI=1S/C23H21N5O7/c1-4-34-22(30)19-12(2)24-23(31)27(20(19)14-5-8-16(9-6-14)28(32)33)26-21(29)15-7-10-18-17(11-15)25-13(3)35-18/h5-11,20H,4H2,1-3H3,(H,24,31)(H,26,29). The predicted molar refractivity (Wildman–Crippen MR) is 122 cm³/mol. The van der Waals surface area contributed by atoms with Gasteiger partial charge in [-0.15, -0.1) is 0 Å². The van der Waals surface area contributed by atoms with Crippen LogP contribution in [0.2, 0.25) is 0 Å². The molecule has 2 heterocycles. The van der Waals surface area contributed by atoms with Gasteiger partial charge in [-0.1, -0.05) is 0 Å². The molecule has 0 aliphatic carbocycles. The summed E-state index contributed by atoms with van der Waals surface area (Å²) in [5, 5.41) is 14.6. The Bertz CT molecular complexity index is 1380. The fraction of sp³-hybridized carbons (Fsp3) is 0.217. The minimum atomic E-state index is -1.11. The number of hydrogen-bond donors (Lipinski definition) is 2. The van der Waals surface area contributed by atoms with E-state index in [-0.39, 0.29) is 29.1 Å². The number of carbonyl (C=O) groups is 3. The number of nitrogens with one attached hydrogen (secondary N) is 2. The highest BCUT2D eigenvalue weighted by Crippen LogP contribution is 2.34. The van der Waals surface area contributed by atoms with Gasteiger partial charge in [-0.05, 0) is 49.7 Å². The zero-order chi connectivity index (χ0) is 25.3. The summed E-state index contributed by atoms with van der Waals surface area (Å²) >= 11 is 0. The Morgan fingerprint density at radius 2 is 1.94 bits per heavy atom. The van der Waals surface area contributed by atoms with Gasteiger partial charge in [0, 0.05) is 30.3 Å². The van der Waals surface area contributed by atoms with Crippen LogP contribution in [0.15, 0.2) is 58.2 Å². The first-order chi connectivity index (χ1) is 16.7. The molecule has 3 amide bonds. The third kappa shape index (κ3) is 4.53. The van der Waals surface area contributed by atoms with Crippen molar-refractivity contribution in [3.05, 3.63) is 80.9 Å². The second-order valence-corrected chi connectivity index (χ2v) is 7.67. The number of ether oxygens (including phenoxy) is 1. The van der Waals surface area contributed by atoms with Crippen LogP contribution in [0.5, 0.6) is 0 Å². The van der Waals surface area contributed by atoms with Crippen molar-refractivity contribution in [1.82, 2.24) is 20.7 Å². The van der Waals surface area contributed by atoms with Crippen molar-refractivity contribution in [3.8, 4) is 0 Å². The highest BCUT2D eigenvalue weighted by atomic mass is 16.6. The summed E-state index contributed by atoms with van der Waals surface area (Å²) in [7, 11) is 0. The Morgan fingerprint density at radius 3 is 2.60 bits per heavy atom. The lowest BCUT2D eigenvalue weighted by Gasteiger charge is -2.37. The monoisotopic (exact) mass is 479 g/mol. The number of fused-ring (bicyclic) bond motifs is 1. The normalized spacial score (nSPS) is 15.7. The lowest BCUT2D eigenvalue weighted by molar-refractivity contribution is -0.384. The van der Waals surface area contributed by atoms with Crippen LogP contribution in [0, 0.1) is 17.0 Å². The summed E-state index contributed by atoms with van der Waals surface area (Å²) in [5.41, 5.74) is 4.20. The number of non-ortho nitro benzene ring substituents is 1. The van der Waals surface area contributed by atoms with Crippen molar-refractivity contribution >= 4 is 34.7 Å². The average Bonchev–Trinajstić information content (AvgIpc) is 3.19. The molecule has 0 bridgehead atoms. The SMILES string of the molecule is CCOC(=O)C1=C(C)NC(=O)N(NC(=O)c2ccc3oc(C)nc3c2)C1c1ccc([N+](=O)[O-])cc1. The molecule has 1 aliphatic rings. The molecule has 1 atom stereocenters. The number of nitro groups is 1. The van der Waals surface area contributed by atoms with Gasteiger partial charge in [0.05, 0.1) is 17.1 Å². The van der Waals surface area contributed by atoms with Crippen molar-refractivity contribution in [2.75, 3.05) is 6.61 Å². The summed E-state index contributed by atoms with van der Waals surface area (Å²) in [5.74, 6) is -0.907. The van der Waals surface area contributed by atoms with Gasteiger partial charge in [0.1, 0.15) is 11.6 Å². The van der Waals surface area contributed by atoms with Crippen LogP contribution >= 0.6 is 0 Å². The van der Waals surface area contributed by atoms with E-state index in [2.05, 4.69) is 15.7 Å². The van der Waals surface area contributed by atoms with Crippen molar-refractivity contribution in [1.29, 1.82) is 0 Å². The second-order valence-electron chi connectivity index (χ2n) is 7.67. The smallest absolute Gasteiger partial charge is 0.341 e. The molecule has 0 saturated heterocycles. The number of nitro benzene ring substituents is 1. The molecule has 4 rings (SSSR count). The molecule has 0 fully saturated rings. The molecular formula is C23H21N5O7. The third-order valence-electron chi connectivity index (χ3n) is 5.34. The summed E-state index contributed by atoms with van der Waals surface area (Å²) in [4.78, 5) is 53.6. The van der Waals surface area contributed by atoms with Gasteiger partial charge >= 0.3 is 12.0 Å². The number of allylic oxidation sites excluding steroid dienone is 1. The van der Waals surface area contributed by atoms with Crippen molar-refractivity contribution in [2.24, 2.45) is 0 Å². The first-order valence-electron chi connectivity index (χ1n) is 10.6. The maximum atomic E-state index is 13.1. The first-order valence-corrected chi connectivity index (χ1v) is 10.6. The van der Waals surface area contributed by atoms with E-state index in [4.69, 9.17) is 9.15 Å². The van der Waals surface area contributed by atoms with Crippen LogP contribution in [0.25, 0.3) is 11.1 Å². The molecule has 1 unspecified atom stereocenters. The molecule has 1 aliphatic heterocycles. The van der Waals surface area contributed by atoms with E-state index in [1.807, 2.05) is 0 Å². The molecule has 3 aromatic rings. The number of rotatable bonds is 6. The number of nitrogens with zero attached hydrogens (tertiary/aromatic N) is 3. The molecule has 35 heavy (non-hydrogen) atoms. The van der Waals surface area contributed by atoms with Gasteiger partial charge in [-0.3, -0.25) is 20.3 Å². The van der Waals surface area contributed by atoms with Crippen molar-refractivity contribution < 1.29 is 28.5 Å². The lowest BCUT2D eigenvalue weighted by atomic mass is 9.94. The van der Waals surface area contributed by atoms with E-state index < -0.39 is 28.9 Å². The van der Waals surface area contributed by atoms with Gasteiger partial charge < -0.3 is 14.5 Å². The lowest BCUT2D eigenvalue weighted by Crippen LogP contribution is -2.56. The van der Waals surface area contributed by atoms with Crippen LogP contribution in [0.3, 0.4) is 0 Å². The number of hydrazine groups is 1. The fourth-order valence-corrected chi connectivity index (χ4v) is 3.78. The van der Waals surface area contributed by atoms with Crippen LogP contribution < -0.4 is 10.7 Å². The molecule has 0 radical (unpaired) electrons. The number of aryl methyl sites for hydroxylation is 1. The average molecular weight is 479 g/mol. The quantitative estimate of drug-likeness (QED) is 0.310. The van der Waals surface area contributed by atoms with E-state index >= 15 is 0 Å². The number of urea groups is 1. The topological polar surface area (TPSA) is 157 Å². The number of aromatic nitrogens is 1. The molecule has 1 aromatic heterocycles. The highest BCUT2D eigenvalue weighted by Gasteiger charge is 2.40. The van der Waals surface area contributed by atoms with Gasteiger partial charge in [0.15, 0.2) is 11.5 Å². The van der Waals surface area contributed by atoms with E-state index in [0.29, 0.717) is 22.6 Å². The van der Waals surface area contributed by atoms with Gasteiger partial charge in [0.25, 0.3) is 11.6 Å². The van der Waals surface area contributed by atoms with Gasteiger partial charge in [-0.2, -0.15) is 0 Å². The summed E-state index contributed by atoms with van der Waals surface area (Å²) in [6.07, 6.45) is 0. The van der Waals surface area contributed by atoms with E-state index in [1.54, 1.807) is 19.9 Å². The Morgan fingerprint density at radius 1 is 1.23 bits per heavy atom. The van der Waals surface area contributed by atoms with Crippen molar-refractivity contribution in [3.63, 3.8) is 0 Å². The molecule has 12 heteroatoms. The number of carbonyl (C=O) groups excluding carboxylic acids is 3. The summed E-state index contributed by atoms with van der Waals surface area (Å²) in [6.45, 7) is 4.93. The Hall–Kier alpha value is -4.74. The predicted octanol–water partition coefficient (Wildman–Crippen LogP) is 3.29. The molecule has 12 nitrogen and oxygen atoms in total. The van der Waals surface area contributed by atoms with Gasteiger partial charge in [-0.25, -0.2) is 19.6 Å². The summed E-state index contributed by atoms with van der Waals surface area (Å²) in [6, 6.07) is 8.13. The highest BCUT2D eigenvalue weighted by molar-refractivity contribution is 5.99. The van der Waals surface area contributed by atoms with E-state index in [1.165, 1.54) is 43.3 Å². The number of hydrogen-bond acceptors (Lipinski definition) is 8. The van der Waals surface area contributed by atoms with Gasteiger partial charge in [0.2, 0.25) is 0 Å². The minimum absolute atomic E-state index is 0.0724. The zero-order valence-electron chi connectivity index (χ0n) is 19.0. The molecule has 2 N–H and O–H groups in total. The maximum Gasteiger partial charge on any atom is 0.341 e. The maximum absolute atomic E-state index is 13.1. The van der Waals surface area contributed by atoms with Crippen LogP contribution in [0.1, 0.15) is 41.7 Å². The largest absolute Gasteiger partial charge is 0.463 e. The molecule has 180 valence electrons. The van der Waals surface area contributed by atoms with Crippen LogP contribution in [0.4, 0.5) is 10.5 Å². The summed E-state index contributed by atoms with van der Waals surface area (Å²) < 4.78 is 10.6. The molecule has 0 saturated carbocycles. The van der Waals surface area contributed by atoms with Crippen molar-refractivity contribution in [2.45, 2.75) is 26.8 Å². The second kappa shape index (κ2) is 9.25. The Labute approximate surface area is 198 Å².